The van der Waals surface area contributed by atoms with Gasteiger partial charge in [-0.05, 0) is 58.5 Å². The first-order chi connectivity index (χ1) is 22.5. The third-order valence-corrected chi connectivity index (χ3v) is 9.40. The van der Waals surface area contributed by atoms with E-state index in [1.54, 1.807) is 42.6 Å². The summed E-state index contributed by atoms with van der Waals surface area (Å²) in [5, 5.41) is 24.6. The van der Waals surface area contributed by atoms with Gasteiger partial charge in [0.05, 0.1) is 27.2 Å². The van der Waals surface area contributed by atoms with E-state index >= 15 is 0 Å². The van der Waals surface area contributed by atoms with Gasteiger partial charge in [-0.3, -0.25) is 4.57 Å². The number of hydrogen-bond donors (Lipinski definition) is 2. The quantitative estimate of drug-likeness (QED) is 0.182. The van der Waals surface area contributed by atoms with Crippen LogP contribution < -0.4 is 9.47 Å². The van der Waals surface area contributed by atoms with Gasteiger partial charge in [0.15, 0.2) is 11.9 Å². The Bertz CT molecular complexity index is 1850. The number of imidazole rings is 1. The van der Waals surface area contributed by atoms with Gasteiger partial charge in [0.25, 0.3) is 0 Å². The Morgan fingerprint density at radius 1 is 0.783 bits per heavy atom. The van der Waals surface area contributed by atoms with Gasteiger partial charge in [-0.2, -0.15) is 0 Å². The summed E-state index contributed by atoms with van der Waals surface area (Å²) in [5.74, 6) is 1.42. The Labute approximate surface area is 270 Å². The van der Waals surface area contributed by atoms with Crippen LogP contribution in [0.25, 0.3) is 21.6 Å². The standard InChI is InChI=1S/C36H33N3O6S/c1-42-26-14-10-24(11-15-26)36(23-7-4-3-5-8-23,25-12-16-27(43-2)17-13-25)44-21-29-32(40)33(41)35(45-29)39-22-38-31-28(18-19-37-34(31)39)30-9-6-20-46-30/h3-20,22,29,32-33,35,40-41H,21H2,1-2H3/t29-,32-,33-,35-/m1/s1. The van der Waals surface area contributed by atoms with Crippen molar-refractivity contribution in [2.75, 3.05) is 20.8 Å². The maximum atomic E-state index is 11.3. The highest BCUT2D eigenvalue weighted by Gasteiger charge is 2.47. The number of methoxy groups -OCH3 is 2. The number of aliphatic hydroxyl groups is 2. The molecule has 1 aliphatic heterocycles. The van der Waals surface area contributed by atoms with Crippen LogP contribution in [-0.2, 0) is 15.1 Å². The van der Waals surface area contributed by atoms with Crippen molar-refractivity contribution in [3.63, 3.8) is 0 Å². The van der Waals surface area contributed by atoms with Gasteiger partial charge < -0.3 is 29.2 Å². The van der Waals surface area contributed by atoms with Crippen molar-refractivity contribution < 1.29 is 29.2 Å². The van der Waals surface area contributed by atoms with E-state index in [-0.39, 0.29) is 6.61 Å². The Kier molecular flexibility index (Phi) is 8.29. The number of ether oxygens (including phenoxy) is 4. The number of pyridine rings is 1. The summed E-state index contributed by atoms with van der Waals surface area (Å²) in [6.45, 7) is -0.0395. The molecule has 10 heteroatoms. The Morgan fingerprint density at radius 3 is 2.04 bits per heavy atom. The molecule has 1 aliphatic rings. The second-order valence-electron chi connectivity index (χ2n) is 11.0. The van der Waals surface area contributed by atoms with Gasteiger partial charge in [0.2, 0.25) is 0 Å². The fourth-order valence-electron chi connectivity index (χ4n) is 6.13. The van der Waals surface area contributed by atoms with E-state index in [4.69, 9.17) is 18.9 Å². The van der Waals surface area contributed by atoms with E-state index in [1.807, 2.05) is 102 Å². The lowest BCUT2D eigenvalue weighted by Gasteiger charge is -2.37. The second kappa shape index (κ2) is 12.7. The lowest BCUT2D eigenvalue weighted by Crippen LogP contribution is -2.39. The molecule has 0 amide bonds. The van der Waals surface area contributed by atoms with Gasteiger partial charge in [0, 0.05) is 16.6 Å². The van der Waals surface area contributed by atoms with Crippen LogP contribution in [0.4, 0.5) is 0 Å². The Morgan fingerprint density at radius 2 is 1.43 bits per heavy atom. The summed E-state index contributed by atoms with van der Waals surface area (Å²) in [6.07, 6.45) is -0.951. The Balaban J connectivity index is 1.25. The van der Waals surface area contributed by atoms with Gasteiger partial charge in [0.1, 0.15) is 40.9 Å². The molecule has 2 N–H and O–H groups in total. The van der Waals surface area contributed by atoms with Crippen LogP contribution in [-0.4, -0.2) is 63.9 Å². The molecule has 3 aromatic carbocycles. The normalized spacial score (nSPS) is 19.8. The fourth-order valence-corrected chi connectivity index (χ4v) is 6.88. The van der Waals surface area contributed by atoms with Gasteiger partial charge in [-0.1, -0.05) is 60.7 Å². The van der Waals surface area contributed by atoms with E-state index < -0.39 is 30.1 Å². The van der Waals surface area contributed by atoms with Gasteiger partial charge >= 0.3 is 0 Å². The zero-order chi connectivity index (χ0) is 31.7. The van der Waals surface area contributed by atoms with E-state index in [2.05, 4.69) is 9.97 Å². The van der Waals surface area contributed by atoms with E-state index in [0.717, 1.165) is 27.1 Å². The molecule has 46 heavy (non-hydrogen) atoms. The van der Waals surface area contributed by atoms with Crippen LogP contribution in [0, 0.1) is 0 Å². The van der Waals surface area contributed by atoms with Gasteiger partial charge in [-0.15, -0.1) is 11.3 Å². The molecule has 4 atom stereocenters. The third-order valence-electron chi connectivity index (χ3n) is 8.50. The summed E-state index contributed by atoms with van der Waals surface area (Å²) in [4.78, 5) is 10.2. The first-order valence-corrected chi connectivity index (χ1v) is 15.8. The summed E-state index contributed by atoms with van der Waals surface area (Å²) in [6, 6.07) is 31.3. The summed E-state index contributed by atoms with van der Waals surface area (Å²) in [7, 11) is 3.25. The molecule has 6 aromatic rings. The van der Waals surface area contributed by atoms with Crippen LogP contribution in [0.5, 0.6) is 11.5 Å². The van der Waals surface area contributed by atoms with Crippen LogP contribution in [0.3, 0.4) is 0 Å². The van der Waals surface area contributed by atoms with Crippen molar-refractivity contribution in [1.29, 1.82) is 0 Å². The molecular formula is C36H33N3O6S. The third kappa shape index (κ3) is 5.24. The lowest BCUT2D eigenvalue weighted by molar-refractivity contribution is -0.0942. The minimum absolute atomic E-state index is 0.0395. The van der Waals surface area contributed by atoms with Crippen molar-refractivity contribution in [1.82, 2.24) is 14.5 Å². The van der Waals surface area contributed by atoms with Gasteiger partial charge in [-0.25, -0.2) is 9.97 Å². The number of hydrogen-bond acceptors (Lipinski definition) is 9. The molecule has 4 heterocycles. The van der Waals surface area contributed by atoms with E-state index in [0.29, 0.717) is 22.7 Å². The number of nitrogens with zero attached hydrogens (tertiary/aromatic N) is 3. The minimum atomic E-state index is -1.24. The van der Waals surface area contributed by atoms with Crippen molar-refractivity contribution >= 4 is 22.5 Å². The first kappa shape index (κ1) is 30.1. The van der Waals surface area contributed by atoms with Crippen LogP contribution >= 0.6 is 11.3 Å². The van der Waals surface area contributed by atoms with Crippen molar-refractivity contribution in [2.24, 2.45) is 0 Å². The number of aromatic nitrogens is 3. The van der Waals surface area contributed by atoms with Crippen molar-refractivity contribution in [3.8, 4) is 21.9 Å². The smallest absolute Gasteiger partial charge is 0.165 e. The molecule has 0 radical (unpaired) electrons. The summed E-state index contributed by atoms with van der Waals surface area (Å²) >= 11 is 1.61. The number of thiophene rings is 1. The number of fused-ring (bicyclic) bond motifs is 1. The second-order valence-corrected chi connectivity index (χ2v) is 12.0. The highest BCUT2D eigenvalue weighted by molar-refractivity contribution is 7.13. The molecular weight excluding hydrogens is 602 g/mol. The Hall–Kier alpha value is -4.58. The molecule has 0 saturated carbocycles. The molecule has 0 bridgehead atoms. The maximum Gasteiger partial charge on any atom is 0.165 e. The summed E-state index contributed by atoms with van der Waals surface area (Å²) in [5.41, 5.74) is 3.65. The molecule has 1 saturated heterocycles. The average molecular weight is 636 g/mol. The van der Waals surface area contributed by atoms with E-state index in [9.17, 15) is 10.2 Å². The predicted molar refractivity (Wildman–Crippen MR) is 175 cm³/mol. The molecule has 0 spiro atoms. The van der Waals surface area contributed by atoms with Crippen molar-refractivity contribution in [2.45, 2.75) is 30.1 Å². The zero-order valence-electron chi connectivity index (χ0n) is 25.3. The fraction of sp³-hybridized carbons (Fsp3) is 0.222. The van der Waals surface area contributed by atoms with E-state index in [1.165, 1.54) is 0 Å². The molecule has 1 fully saturated rings. The largest absolute Gasteiger partial charge is 0.497 e. The number of rotatable bonds is 10. The maximum absolute atomic E-state index is 11.3. The zero-order valence-corrected chi connectivity index (χ0v) is 26.1. The average Bonchev–Trinajstić information content (AvgIpc) is 3.87. The molecule has 0 unspecified atom stereocenters. The summed E-state index contributed by atoms with van der Waals surface area (Å²) < 4.78 is 25.9. The molecule has 9 nitrogen and oxygen atoms in total. The lowest BCUT2D eigenvalue weighted by atomic mass is 9.80. The highest BCUT2D eigenvalue weighted by atomic mass is 32.1. The van der Waals surface area contributed by atoms with Crippen molar-refractivity contribution in [3.05, 3.63) is 132 Å². The minimum Gasteiger partial charge on any atom is -0.497 e. The van der Waals surface area contributed by atoms with Crippen LogP contribution in [0.15, 0.2) is 115 Å². The SMILES string of the molecule is COc1ccc(C(OC[C@H]2O[C@@H](n3cnc4c(-c5cccs5)ccnc43)[C@H](O)[C@@H]2O)(c2ccccc2)c2ccc(OC)cc2)cc1. The van der Waals surface area contributed by atoms with Crippen LogP contribution in [0.2, 0.25) is 0 Å². The molecule has 7 rings (SSSR count). The highest BCUT2D eigenvalue weighted by Crippen LogP contribution is 2.43. The van der Waals surface area contributed by atoms with Crippen LogP contribution in [0.1, 0.15) is 22.9 Å². The first-order valence-electron chi connectivity index (χ1n) is 14.9. The number of benzene rings is 3. The topological polar surface area (TPSA) is 108 Å². The monoisotopic (exact) mass is 635 g/mol. The predicted octanol–water partition coefficient (Wildman–Crippen LogP) is 5.80. The molecule has 234 valence electrons. The number of aliphatic hydroxyl groups excluding tert-OH is 2. The molecule has 0 aliphatic carbocycles. The molecule has 3 aromatic heterocycles.